The van der Waals surface area contributed by atoms with Gasteiger partial charge in [0.2, 0.25) is 0 Å². The summed E-state index contributed by atoms with van der Waals surface area (Å²) in [6.07, 6.45) is 43.8. The Bertz CT molecular complexity index is 1640. The summed E-state index contributed by atoms with van der Waals surface area (Å²) in [7, 11) is -5.16. The summed E-state index contributed by atoms with van der Waals surface area (Å²) in [5.41, 5.74) is 0. The Balaban J connectivity index is 2.57. The van der Waals surface area contributed by atoms with E-state index in [0.717, 1.165) is 64.2 Å². The minimum Gasteiger partial charge on any atom is -0.462 e. The number of carbonyl (C=O) groups is 2. The van der Waals surface area contributed by atoms with Gasteiger partial charge in [0.05, 0.1) is 6.61 Å². The number of aliphatic hydroxyl groups is 5. The van der Waals surface area contributed by atoms with E-state index < -0.39 is 75.7 Å². The van der Waals surface area contributed by atoms with Crippen molar-refractivity contribution < 1.29 is 63.1 Å². The van der Waals surface area contributed by atoms with Crippen molar-refractivity contribution in [3.05, 3.63) is 134 Å². The second kappa shape index (κ2) is 39.2. The molecule has 0 aromatic carbocycles. The van der Waals surface area contributed by atoms with Crippen LogP contribution < -0.4 is 0 Å². The van der Waals surface area contributed by atoms with Crippen LogP contribution in [-0.4, -0.2) is 98.3 Å². The lowest BCUT2D eigenvalue weighted by Crippen LogP contribution is -2.64. The molecule has 0 aliphatic heterocycles. The van der Waals surface area contributed by atoms with Gasteiger partial charge in [0.25, 0.3) is 0 Å². The summed E-state index contributed by atoms with van der Waals surface area (Å²) < 4.78 is 33.4. The second-order valence-corrected chi connectivity index (χ2v) is 16.5. The zero-order valence-electron chi connectivity index (χ0n) is 38.5. The van der Waals surface area contributed by atoms with Crippen molar-refractivity contribution in [2.45, 2.75) is 159 Å². The first-order valence-corrected chi connectivity index (χ1v) is 24.5. The Hall–Kier alpha value is -4.01. The van der Waals surface area contributed by atoms with Crippen molar-refractivity contribution in [2.24, 2.45) is 0 Å². The van der Waals surface area contributed by atoms with Gasteiger partial charge in [-0.25, -0.2) is 4.57 Å². The van der Waals surface area contributed by atoms with E-state index in [1.54, 1.807) is 0 Å². The smallest absolute Gasteiger partial charge is 0.462 e. The van der Waals surface area contributed by atoms with Gasteiger partial charge >= 0.3 is 19.8 Å². The predicted octanol–water partition coefficient (Wildman–Crippen LogP) is 9.16. The van der Waals surface area contributed by atoms with E-state index >= 15 is 0 Å². The lowest BCUT2D eigenvalue weighted by molar-refractivity contribution is -0.220. The number of phosphoric acid groups is 1. The van der Waals surface area contributed by atoms with Crippen LogP contribution in [0, 0.1) is 0 Å². The number of rotatable bonds is 35. The number of carbonyl (C=O) groups excluding carboxylic acids is 2. The Morgan fingerprint density at radius 1 is 0.477 bits per heavy atom. The van der Waals surface area contributed by atoms with Gasteiger partial charge in [0.15, 0.2) is 6.10 Å². The van der Waals surface area contributed by atoms with Crippen LogP contribution in [0.25, 0.3) is 0 Å². The molecule has 13 nitrogen and oxygen atoms in total. The van der Waals surface area contributed by atoms with Crippen LogP contribution in [0.3, 0.4) is 0 Å². The topological polar surface area (TPSA) is 210 Å². The van der Waals surface area contributed by atoms with Gasteiger partial charge in [0, 0.05) is 12.8 Å². The largest absolute Gasteiger partial charge is 0.472 e. The van der Waals surface area contributed by atoms with E-state index in [1.807, 2.05) is 30.4 Å². The molecule has 1 aliphatic rings. The average molecular weight is 929 g/mol. The van der Waals surface area contributed by atoms with E-state index in [1.165, 1.54) is 0 Å². The molecule has 0 amide bonds. The van der Waals surface area contributed by atoms with Crippen LogP contribution in [0.1, 0.15) is 117 Å². The van der Waals surface area contributed by atoms with E-state index in [0.29, 0.717) is 25.7 Å². The van der Waals surface area contributed by atoms with Crippen molar-refractivity contribution in [1.82, 2.24) is 0 Å². The van der Waals surface area contributed by atoms with Gasteiger partial charge in [-0.3, -0.25) is 18.6 Å². The highest BCUT2D eigenvalue weighted by Crippen LogP contribution is 2.47. The normalized spacial score (nSPS) is 22.6. The average Bonchev–Trinajstić information content (AvgIpc) is 3.29. The van der Waals surface area contributed by atoms with Crippen molar-refractivity contribution >= 4 is 19.8 Å². The van der Waals surface area contributed by atoms with Crippen molar-refractivity contribution in [2.75, 3.05) is 13.2 Å². The lowest BCUT2D eigenvalue weighted by Gasteiger charge is -2.41. The van der Waals surface area contributed by atoms with Crippen molar-refractivity contribution in [1.29, 1.82) is 0 Å². The molecular weight excluding hydrogens is 852 g/mol. The van der Waals surface area contributed by atoms with Gasteiger partial charge < -0.3 is 39.9 Å². The predicted molar refractivity (Wildman–Crippen MR) is 257 cm³/mol. The van der Waals surface area contributed by atoms with Crippen LogP contribution in [0.5, 0.6) is 0 Å². The maximum absolute atomic E-state index is 12.8. The molecule has 0 aromatic rings. The molecule has 1 fully saturated rings. The fraction of sp³-hybridized carbons (Fsp3) is 0.529. The zero-order valence-corrected chi connectivity index (χ0v) is 39.4. The first-order valence-electron chi connectivity index (χ1n) is 23.0. The Morgan fingerprint density at radius 3 is 1.23 bits per heavy atom. The van der Waals surface area contributed by atoms with Gasteiger partial charge in [-0.05, 0) is 89.9 Å². The third-order valence-corrected chi connectivity index (χ3v) is 10.5. The number of allylic oxidation sites excluding steroid dienone is 22. The molecule has 6 unspecified atom stereocenters. The van der Waals surface area contributed by atoms with Gasteiger partial charge in [-0.15, -0.1) is 0 Å². The molecule has 0 radical (unpaired) electrons. The summed E-state index contributed by atoms with van der Waals surface area (Å²) in [5, 5.41) is 50.2. The molecule has 0 spiro atoms. The van der Waals surface area contributed by atoms with Crippen molar-refractivity contribution in [3.63, 3.8) is 0 Å². The minimum absolute atomic E-state index is 0.00666. The molecule has 1 aliphatic carbocycles. The number of ether oxygens (including phenoxy) is 2. The van der Waals surface area contributed by atoms with Gasteiger partial charge in [-0.2, -0.15) is 0 Å². The molecule has 364 valence electrons. The van der Waals surface area contributed by atoms with Gasteiger partial charge in [0.1, 0.15) is 43.2 Å². The Labute approximate surface area is 387 Å². The first kappa shape index (κ1) is 59.0. The summed E-state index contributed by atoms with van der Waals surface area (Å²) in [5.74, 6) is -1.28. The summed E-state index contributed by atoms with van der Waals surface area (Å²) >= 11 is 0. The van der Waals surface area contributed by atoms with Crippen molar-refractivity contribution in [3.8, 4) is 0 Å². The van der Waals surface area contributed by atoms with Crippen LogP contribution in [0.4, 0.5) is 0 Å². The molecule has 0 aromatic heterocycles. The molecule has 65 heavy (non-hydrogen) atoms. The minimum atomic E-state index is -5.16. The molecule has 1 saturated carbocycles. The molecule has 6 N–H and O–H groups in total. The maximum atomic E-state index is 12.8. The van der Waals surface area contributed by atoms with E-state index in [4.69, 9.17) is 18.5 Å². The maximum Gasteiger partial charge on any atom is 0.472 e. The lowest BCUT2D eigenvalue weighted by atomic mass is 9.85. The highest BCUT2D eigenvalue weighted by molar-refractivity contribution is 7.47. The SMILES string of the molecule is CC/C=C\C/C=C\C/C=C\C/C=C\C/C=C\C/C=C\CCC(=O)OC[C@H](COP(=O)(O)OC1C(O)C(O)C(O)[C@@H](O)C1O)OC(=O)CCC/C=C\C/C=C\C/C=C\C/C=C\C/C=C\CC. The van der Waals surface area contributed by atoms with E-state index in [9.17, 15) is 44.6 Å². The van der Waals surface area contributed by atoms with E-state index in [-0.39, 0.29) is 12.8 Å². The van der Waals surface area contributed by atoms with Crippen LogP contribution in [-0.2, 0) is 32.7 Å². The highest BCUT2D eigenvalue weighted by atomic mass is 31.2. The number of hydrogen-bond acceptors (Lipinski definition) is 12. The molecule has 1 rings (SSSR count). The van der Waals surface area contributed by atoms with Gasteiger partial charge in [-0.1, -0.05) is 148 Å². The number of unbranched alkanes of at least 4 members (excludes halogenated alkanes) is 1. The number of phosphoric ester groups is 1. The van der Waals surface area contributed by atoms with Crippen LogP contribution >= 0.6 is 7.82 Å². The summed E-state index contributed by atoms with van der Waals surface area (Å²) in [6, 6.07) is 0. The standard InChI is InChI=1S/C51H77O13P/c1-3-5-7-9-11-13-15-17-19-21-22-24-25-27-29-31-33-35-37-39-44(52)61-41-43(42-62-65(59,60)64-51-49(57)47(55)46(54)48(56)50(51)58)63-45(53)40-38-36-34-32-30-28-26-23-20-18-16-14-12-10-8-6-4-2/h5-8,11-14,17-20,22,24,26-29,32-35,43,46-51,54-58H,3-4,9-10,15-16,21,23,25,30-31,36-42H2,1-2H3,(H,59,60)/b7-5-,8-6-,13-11-,14-12-,19-17-,20-18-,24-22-,28-26-,29-27-,34-32-,35-33-/t43-,46?,47-,48?,49?,50?,51?/m1/s1. The summed E-state index contributed by atoms with van der Waals surface area (Å²) in [6.45, 7) is 2.93. The Kier molecular flexibility index (Phi) is 35.6. The third-order valence-electron chi connectivity index (χ3n) is 9.50. The molecule has 0 heterocycles. The van der Waals surface area contributed by atoms with E-state index in [2.05, 4.69) is 117 Å². The number of aliphatic hydroxyl groups excluding tert-OH is 5. The fourth-order valence-electron chi connectivity index (χ4n) is 5.88. The molecular formula is C51H77O13P. The number of esters is 2. The van der Waals surface area contributed by atoms with Crippen LogP contribution in [0.2, 0.25) is 0 Å². The molecule has 0 saturated heterocycles. The third kappa shape index (κ3) is 31.5. The first-order chi connectivity index (χ1) is 31.4. The second-order valence-electron chi connectivity index (χ2n) is 15.1. The van der Waals surface area contributed by atoms with Crippen LogP contribution in [0.15, 0.2) is 134 Å². The monoisotopic (exact) mass is 929 g/mol. The highest BCUT2D eigenvalue weighted by Gasteiger charge is 2.51. The summed E-state index contributed by atoms with van der Waals surface area (Å²) in [4.78, 5) is 35.7. The molecule has 0 bridgehead atoms. The quantitative estimate of drug-likeness (QED) is 0.0152. The number of hydrogen-bond donors (Lipinski definition) is 6. The molecule has 8 atom stereocenters. The Morgan fingerprint density at radius 2 is 0.831 bits per heavy atom. The molecule has 14 heteroatoms. The zero-order chi connectivity index (χ0) is 47.8. The fourth-order valence-corrected chi connectivity index (χ4v) is 6.85.